The molecule has 43 heavy (non-hydrogen) atoms. The van der Waals surface area contributed by atoms with E-state index in [0.717, 1.165) is 33.4 Å². The summed E-state index contributed by atoms with van der Waals surface area (Å²) in [5.41, 5.74) is 6.08. The lowest BCUT2D eigenvalue weighted by Crippen LogP contribution is -2.42. The van der Waals surface area contributed by atoms with E-state index in [2.05, 4.69) is 17.4 Å². The van der Waals surface area contributed by atoms with E-state index in [1.54, 1.807) is 24.3 Å². The highest BCUT2D eigenvalue weighted by Gasteiger charge is 2.29. The van der Waals surface area contributed by atoms with Gasteiger partial charge in [0.2, 0.25) is 0 Å². The van der Waals surface area contributed by atoms with Gasteiger partial charge in [0.15, 0.2) is 11.5 Å². The van der Waals surface area contributed by atoms with Crippen LogP contribution in [0.2, 0.25) is 0 Å². The zero-order chi connectivity index (χ0) is 30.2. The van der Waals surface area contributed by atoms with Crippen molar-refractivity contribution in [3.05, 3.63) is 113 Å². The summed E-state index contributed by atoms with van der Waals surface area (Å²) in [6, 6.07) is 27.8. The number of hydrogen-bond donors (Lipinski definition) is 2. The number of ether oxygens (including phenoxy) is 4. The standard InChI is InChI=1S/C35H35NO7/c1-3-40-32-18-15-24(20-33(32)41-4-2)21-42-25-16-13-23(14-17-25)19-31(34(37)38)36-35(39)43-22-30-28-11-7-5-9-26(28)27-10-6-8-12-29(27)30/h5-18,20,30-31H,3-4,19,21-22H2,1-2H3,(H,36,39)(H,37,38). The van der Waals surface area contributed by atoms with Gasteiger partial charge in [-0.05, 0) is 71.5 Å². The zero-order valence-corrected chi connectivity index (χ0v) is 24.2. The average molecular weight is 582 g/mol. The summed E-state index contributed by atoms with van der Waals surface area (Å²) in [6.45, 7) is 5.35. The van der Waals surface area contributed by atoms with Crippen LogP contribution in [-0.2, 0) is 22.6 Å². The van der Waals surface area contributed by atoms with Crippen LogP contribution in [-0.4, -0.2) is 43.0 Å². The van der Waals surface area contributed by atoms with E-state index in [1.807, 2.05) is 68.4 Å². The second-order valence-electron chi connectivity index (χ2n) is 10.1. The molecule has 0 bridgehead atoms. The molecule has 222 valence electrons. The van der Waals surface area contributed by atoms with Crippen LogP contribution < -0.4 is 19.5 Å². The third kappa shape index (κ3) is 7.09. The summed E-state index contributed by atoms with van der Waals surface area (Å²) in [5, 5.41) is 12.3. The summed E-state index contributed by atoms with van der Waals surface area (Å²) in [7, 11) is 0. The number of alkyl carbamates (subject to hydrolysis) is 1. The van der Waals surface area contributed by atoms with Crippen molar-refractivity contribution in [1.29, 1.82) is 0 Å². The fourth-order valence-corrected chi connectivity index (χ4v) is 5.29. The highest BCUT2D eigenvalue weighted by molar-refractivity contribution is 5.81. The van der Waals surface area contributed by atoms with Gasteiger partial charge < -0.3 is 29.4 Å². The zero-order valence-electron chi connectivity index (χ0n) is 24.2. The largest absolute Gasteiger partial charge is 0.490 e. The van der Waals surface area contributed by atoms with Gasteiger partial charge in [-0.3, -0.25) is 0 Å². The van der Waals surface area contributed by atoms with Crippen LogP contribution in [0, 0.1) is 0 Å². The Kier molecular flexibility index (Phi) is 9.46. The van der Waals surface area contributed by atoms with Crippen LogP contribution in [0.1, 0.15) is 42.0 Å². The van der Waals surface area contributed by atoms with E-state index in [4.69, 9.17) is 18.9 Å². The molecule has 4 aromatic carbocycles. The van der Waals surface area contributed by atoms with Crippen LogP contribution in [0.25, 0.3) is 11.1 Å². The molecule has 0 heterocycles. The molecule has 1 aliphatic rings. The van der Waals surface area contributed by atoms with Gasteiger partial charge in [-0.15, -0.1) is 0 Å². The van der Waals surface area contributed by atoms with Crippen molar-refractivity contribution in [2.75, 3.05) is 19.8 Å². The molecule has 2 N–H and O–H groups in total. The quantitative estimate of drug-likeness (QED) is 0.183. The second kappa shape index (κ2) is 13.8. The second-order valence-corrected chi connectivity index (χ2v) is 10.1. The average Bonchev–Trinajstić information content (AvgIpc) is 3.34. The molecule has 0 saturated carbocycles. The van der Waals surface area contributed by atoms with Crippen LogP contribution in [0.4, 0.5) is 4.79 Å². The van der Waals surface area contributed by atoms with Gasteiger partial charge in [0, 0.05) is 12.3 Å². The van der Waals surface area contributed by atoms with Crippen molar-refractivity contribution in [2.24, 2.45) is 0 Å². The number of carboxylic acid groups (broad SMARTS) is 1. The number of hydrogen-bond acceptors (Lipinski definition) is 6. The Morgan fingerprint density at radius 3 is 2.00 bits per heavy atom. The summed E-state index contributed by atoms with van der Waals surface area (Å²) in [4.78, 5) is 24.7. The lowest BCUT2D eigenvalue weighted by molar-refractivity contribution is -0.139. The molecule has 5 rings (SSSR count). The summed E-state index contributed by atoms with van der Waals surface area (Å²) >= 11 is 0. The minimum absolute atomic E-state index is 0.0937. The normalized spacial score (nSPS) is 12.5. The molecule has 0 aromatic heterocycles. The lowest BCUT2D eigenvalue weighted by Gasteiger charge is -2.18. The number of aliphatic carboxylic acids is 1. The maximum atomic E-state index is 12.7. The topological polar surface area (TPSA) is 103 Å². The maximum Gasteiger partial charge on any atom is 0.407 e. The van der Waals surface area contributed by atoms with Gasteiger partial charge in [-0.25, -0.2) is 9.59 Å². The van der Waals surface area contributed by atoms with E-state index in [9.17, 15) is 14.7 Å². The highest BCUT2D eigenvalue weighted by Crippen LogP contribution is 2.44. The van der Waals surface area contributed by atoms with Crippen LogP contribution in [0.5, 0.6) is 17.2 Å². The van der Waals surface area contributed by atoms with Crippen LogP contribution in [0.3, 0.4) is 0 Å². The van der Waals surface area contributed by atoms with Crippen molar-refractivity contribution in [3.8, 4) is 28.4 Å². The van der Waals surface area contributed by atoms with Crippen molar-refractivity contribution in [1.82, 2.24) is 5.32 Å². The molecule has 1 aliphatic carbocycles. The van der Waals surface area contributed by atoms with Gasteiger partial charge in [0.1, 0.15) is 25.0 Å². The van der Waals surface area contributed by atoms with Crippen LogP contribution in [0.15, 0.2) is 91.0 Å². The van der Waals surface area contributed by atoms with Crippen molar-refractivity contribution < 1.29 is 33.6 Å². The summed E-state index contributed by atoms with van der Waals surface area (Å²) < 4.78 is 22.8. The number of rotatable bonds is 13. The molecule has 4 aromatic rings. The Morgan fingerprint density at radius 2 is 1.37 bits per heavy atom. The van der Waals surface area contributed by atoms with Crippen molar-refractivity contribution >= 4 is 12.1 Å². The van der Waals surface area contributed by atoms with E-state index in [-0.39, 0.29) is 18.9 Å². The van der Waals surface area contributed by atoms with E-state index < -0.39 is 18.1 Å². The smallest absolute Gasteiger partial charge is 0.407 e. The van der Waals surface area contributed by atoms with Crippen molar-refractivity contribution in [2.45, 2.75) is 38.8 Å². The number of carbonyl (C=O) groups excluding carboxylic acids is 1. The number of carboxylic acids is 1. The Balaban J connectivity index is 1.15. The number of benzene rings is 4. The first-order valence-electron chi connectivity index (χ1n) is 14.4. The molecule has 8 nitrogen and oxygen atoms in total. The molecule has 1 amide bonds. The first-order valence-corrected chi connectivity index (χ1v) is 14.4. The molecule has 1 atom stereocenters. The van der Waals surface area contributed by atoms with Gasteiger partial charge in [-0.2, -0.15) is 0 Å². The van der Waals surface area contributed by atoms with Gasteiger partial charge >= 0.3 is 12.1 Å². The summed E-state index contributed by atoms with van der Waals surface area (Å²) in [5.74, 6) is 0.741. The number of amides is 1. The third-order valence-corrected chi connectivity index (χ3v) is 7.31. The molecule has 8 heteroatoms. The van der Waals surface area contributed by atoms with Gasteiger partial charge in [0.05, 0.1) is 13.2 Å². The van der Waals surface area contributed by atoms with Gasteiger partial charge in [-0.1, -0.05) is 66.7 Å². The fraction of sp³-hybridized carbons (Fsp3) is 0.257. The summed E-state index contributed by atoms with van der Waals surface area (Å²) in [6.07, 6.45) is -0.674. The maximum absolute atomic E-state index is 12.7. The molecule has 1 unspecified atom stereocenters. The van der Waals surface area contributed by atoms with E-state index in [1.165, 1.54) is 0 Å². The van der Waals surface area contributed by atoms with E-state index in [0.29, 0.717) is 37.1 Å². The number of nitrogens with one attached hydrogen (secondary N) is 1. The lowest BCUT2D eigenvalue weighted by atomic mass is 9.98. The molecule has 0 radical (unpaired) electrons. The molecule has 0 aliphatic heterocycles. The predicted molar refractivity (Wildman–Crippen MR) is 163 cm³/mol. The Labute approximate surface area is 251 Å². The minimum atomic E-state index is -1.15. The number of carbonyl (C=O) groups is 2. The third-order valence-electron chi connectivity index (χ3n) is 7.31. The molecule has 0 saturated heterocycles. The molecule has 0 spiro atoms. The molecular weight excluding hydrogens is 546 g/mol. The van der Waals surface area contributed by atoms with Crippen molar-refractivity contribution in [3.63, 3.8) is 0 Å². The first-order chi connectivity index (χ1) is 21.0. The fourth-order valence-electron chi connectivity index (χ4n) is 5.29. The van der Waals surface area contributed by atoms with E-state index >= 15 is 0 Å². The molecular formula is C35H35NO7. The Bertz CT molecular complexity index is 1520. The Hall–Kier alpha value is -4.98. The Morgan fingerprint density at radius 1 is 0.767 bits per heavy atom. The SMILES string of the molecule is CCOc1ccc(COc2ccc(CC(NC(=O)OCC3c4ccccc4-c4ccccc43)C(=O)O)cc2)cc1OCC. The van der Waals surface area contributed by atoms with Crippen LogP contribution >= 0.6 is 0 Å². The minimum Gasteiger partial charge on any atom is -0.490 e. The monoisotopic (exact) mass is 581 g/mol. The predicted octanol–water partition coefficient (Wildman–Crippen LogP) is 6.60. The van der Waals surface area contributed by atoms with Gasteiger partial charge in [0.25, 0.3) is 0 Å². The number of fused-ring (bicyclic) bond motifs is 3. The first kappa shape index (κ1) is 29.5. The highest BCUT2D eigenvalue weighted by atomic mass is 16.5. The molecule has 0 fully saturated rings.